The van der Waals surface area contributed by atoms with Crippen LogP contribution in [0, 0.1) is 0 Å². The van der Waals surface area contributed by atoms with Gasteiger partial charge in [0.15, 0.2) is 0 Å². The number of aliphatic hydroxyl groups excluding tert-OH is 1. The molecule has 2 aromatic heterocycles. The fraction of sp³-hybridized carbons (Fsp3) is 0.538. The molecule has 0 atom stereocenters. The van der Waals surface area contributed by atoms with Gasteiger partial charge >= 0.3 is 0 Å². The van der Waals surface area contributed by atoms with E-state index in [0.717, 1.165) is 79.5 Å². The number of ether oxygens (including phenoxy) is 2. The Hall–Kier alpha value is -2.68. The van der Waals surface area contributed by atoms with Crippen molar-refractivity contribution in [2.75, 3.05) is 25.4 Å². The van der Waals surface area contributed by atoms with Crippen LogP contribution in [0.4, 0.5) is 5.82 Å². The van der Waals surface area contributed by atoms with Crippen molar-refractivity contribution >= 4 is 16.9 Å². The maximum absolute atomic E-state index is 9.63. The van der Waals surface area contributed by atoms with Crippen LogP contribution in [-0.4, -0.2) is 68.1 Å². The quantitative estimate of drug-likeness (QED) is 0.582. The van der Waals surface area contributed by atoms with Gasteiger partial charge in [0.25, 0.3) is 0 Å². The average Bonchev–Trinajstić information content (AvgIpc) is 3.50. The zero-order valence-corrected chi connectivity index (χ0v) is 19.3. The lowest BCUT2D eigenvalue weighted by Crippen LogP contribution is -2.58. The van der Waals surface area contributed by atoms with Crippen molar-refractivity contribution in [1.29, 1.82) is 0 Å². The number of anilines is 1. The predicted molar refractivity (Wildman–Crippen MR) is 129 cm³/mol. The van der Waals surface area contributed by atoms with Crippen LogP contribution >= 0.6 is 0 Å². The molecule has 2 bridgehead atoms. The van der Waals surface area contributed by atoms with E-state index in [9.17, 15) is 5.11 Å². The summed E-state index contributed by atoms with van der Waals surface area (Å²) in [5.74, 6) is 1.35. The second-order valence-corrected chi connectivity index (χ2v) is 10.6. The molecule has 0 radical (unpaired) electrons. The van der Waals surface area contributed by atoms with Crippen molar-refractivity contribution in [3.8, 4) is 16.9 Å². The number of fused-ring (bicyclic) bond motifs is 3. The van der Waals surface area contributed by atoms with Crippen LogP contribution in [0.5, 0.6) is 5.75 Å². The highest BCUT2D eigenvalue weighted by Crippen LogP contribution is 2.45. The summed E-state index contributed by atoms with van der Waals surface area (Å²) in [5.41, 5.74) is 9.24. The molecule has 4 aliphatic rings. The van der Waals surface area contributed by atoms with Crippen LogP contribution in [0.3, 0.4) is 0 Å². The van der Waals surface area contributed by atoms with Gasteiger partial charge in [0, 0.05) is 36.9 Å². The Kier molecular flexibility index (Phi) is 4.66. The Balaban J connectivity index is 1.16. The summed E-state index contributed by atoms with van der Waals surface area (Å²) >= 11 is 0. The maximum atomic E-state index is 9.63. The molecule has 34 heavy (non-hydrogen) atoms. The summed E-state index contributed by atoms with van der Waals surface area (Å²) in [4.78, 5) is 11.3. The zero-order chi connectivity index (χ0) is 22.9. The number of rotatable bonds is 6. The first kappa shape index (κ1) is 20.7. The second kappa shape index (κ2) is 7.66. The number of nitrogens with two attached hydrogens (primary N) is 1. The molecule has 7 rings (SSSR count). The van der Waals surface area contributed by atoms with Crippen molar-refractivity contribution in [2.45, 2.75) is 68.4 Å². The molecule has 0 spiro atoms. The summed E-state index contributed by atoms with van der Waals surface area (Å²) in [7, 11) is 0. The van der Waals surface area contributed by atoms with E-state index in [1.165, 1.54) is 0 Å². The van der Waals surface area contributed by atoms with Crippen molar-refractivity contribution in [2.24, 2.45) is 0 Å². The molecule has 3 aliphatic heterocycles. The molecule has 3 aromatic rings. The van der Waals surface area contributed by atoms with Crippen LogP contribution in [-0.2, 0) is 4.74 Å². The Morgan fingerprint density at radius 3 is 2.71 bits per heavy atom. The number of aliphatic hydroxyl groups is 1. The minimum absolute atomic E-state index is 0.0950. The summed E-state index contributed by atoms with van der Waals surface area (Å²) in [6.45, 7) is 2.20. The first-order chi connectivity index (χ1) is 16.6. The lowest BCUT2D eigenvalue weighted by atomic mass is 9.83. The fourth-order valence-electron chi connectivity index (χ4n) is 6.33. The number of hydrogen-bond donors (Lipinski definition) is 2. The van der Waals surface area contributed by atoms with Crippen molar-refractivity contribution in [3.05, 3.63) is 36.8 Å². The second-order valence-electron chi connectivity index (χ2n) is 10.6. The highest BCUT2D eigenvalue weighted by atomic mass is 16.6. The van der Waals surface area contributed by atoms with Gasteiger partial charge in [0.1, 0.15) is 35.7 Å². The maximum Gasteiger partial charge on any atom is 0.146 e. The van der Waals surface area contributed by atoms with E-state index in [4.69, 9.17) is 15.2 Å². The lowest BCUT2D eigenvalue weighted by molar-refractivity contribution is -0.0559. The van der Waals surface area contributed by atoms with Crippen LogP contribution in [0.1, 0.15) is 44.6 Å². The normalized spacial score (nSPS) is 31.0. The fourth-order valence-corrected chi connectivity index (χ4v) is 6.33. The Morgan fingerprint density at radius 2 is 1.97 bits per heavy atom. The molecule has 1 aromatic carbocycles. The molecule has 8 nitrogen and oxygen atoms in total. The van der Waals surface area contributed by atoms with E-state index >= 15 is 0 Å². The van der Waals surface area contributed by atoms with E-state index in [0.29, 0.717) is 30.6 Å². The molecule has 8 heteroatoms. The van der Waals surface area contributed by atoms with Gasteiger partial charge in [-0.1, -0.05) is 12.1 Å². The van der Waals surface area contributed by atoms with Crippen LogP contribution in [0.25, 0.3) is 22.2 Å². The van der Waals surface area contributed by atoms with Gasteiger partial charge in [-0.2, -0.15) is 0 Å². The highest BCUT2D eigenvalue weighted by molar-refractivity contribution is 6.00. The monoisotopic (exact) mass is 461 g/mol. The van der Waals surface area contributed by atoms with Gasteiger partial charge in [-0.05, 0) is 56.2 Å². The van der Waals surface area contributed by atoms with Crippen LogP contribution in [0.2, 0.25) is 0 Å². The molecule has 3 N–H and O–H groups in total. The van der Waals surface area contributed by atoms with Gasteiger partial charge in [-0.15, -0.1) is 0 Å². The van der Waals surface area contributed by atoms with Gasteiger partial charge in [-0.3, -0.25) is 4.90 Å². The molecule has 3 saturated heterocycles. The molecule has 1 saturated carbocycles. The number of hydrogen-bond acceptors (Lipinski definition) is 7. The third-order valence-corrected chi connectivity index (χ3v) is 8.43. The number of nitrogens with zero attached hydrogens (tertiary/aromatic N) is 4. The van der Waals surface area contributed by atoms with Crippen LogP contribution < -0.4 is 10.5 Å². The minimum Gasteiger partial charge on any atom is -0.491 e. The molecule has 178 valence electrons. The number of likely N-dealkylation sites (tertiary alicyclic amines) is 1. The van der Waals surface area contributed by atoms with Crippen LogP contribution in [0.15, 0.2) is 36.8 Å². The molecular weight excluding hydrogens is 430 g/mol. The zero-order valence-electron chi connectivity index (χ0n) is 19.3. The number of aromatic nitrogens is 3. The summed E-state index contributed by atoms with van der Waals surface area (Å²) in [6.07, 6.45) is 10.6. The number of benzene rings is 1. The average molecular weight is 462 g/mol. The molecular formula is C26H31N5O3. The molecule has 4 fully saturated rings. The van der Waals surface area contributed by atoms with Crippen molar-refractivity contribution in [3.63, 3.8) is 0 Å². The molecule has 1 aliphatic carbocycles. The van der Waals surface area contributed by atoms with E-state index in [1.54, 1.807) is 6.33 Å². The summed E-state index contributed by atoms with van der Waals surface area (Å²) < 4.78 is 14.7. The third kappa shape index (κ3) is 3.31. The Bertz CT molecular complexity index is 1220. The van der Waals surface area contributed by atoms with Gasteiger partial charge < -0.3 is 24.9 Å². The highest BCUT2D eigenvalue weighted by Gasteiger charge is 2.46. The largest absolute Gasteiger partial charge is 0.491 e. The van der Waals surface area contributed by atoms with Gasteiger partial charge in [0.2, 0.25) is 0 Å². The third-order valence-electron chi connectivity index (χ3n) is 8.43. The van der Waals surface area contributed by atoms with Crippen molar-refractivity contribution in [1.82, 2.24) is 19.4 Å². The lowest BCUT2D eigenvalue weighted by Gasteiger charge is -2.49. The van der Waals surface area contributed by atoms with Gasteiger partial charge in [0.05, 0.1) is 17.6 Å². The van der Waals surface area contributed by atoms with E-state index in [2.05, 4.69) is 37.8 Å². The topological polar surface area (TPSA) is 98.7 Å². The SMILES string of the molecule is Nc1ncnc2c1c(-c1cccc(OCC34CCC(CC3)O4)c1)cn2C1CC(N2CC(O)C2)C1. The predicted octanol–water partition coefficient (Wildman–Crippen LogP) is 3.15. The number of β-amino-alcohol motifs (C(OH)–C–C–N with tert-alkyl or cyclic N) is 1. The minimum atomic E-state index is -0.157. The van der Waals surface area contributed by atoms with Crippen molar-refractivity contribution < 1.29 is 14.6 Å². The Labute approximate surface area is 198 Å². The smallest absolute Gasteiger partial charge is 0.146 e. The Morgan fingerprint density at radius 1 is 1.15 bits per heavy atom. The molecule has 0 unspecified atom stereocenters. The molecule has 5 heterocycles. The van der Waals surface area contributed by atoms with E-state index in [1.807, 2.05) is 12.1 Å². The summed E-state index contributed by atoms with van der Waals surface area (Å²) in [6, 6.07) is 9.15. The van der Waals surface area contributed by atoms with Gasteiger partial charge in [-0.25, -0.2) is 9.97 Å². The molecule has 0 amide bonds. The first-order valence-corrected chi connectivity index (χ1v) is 12.5. The number of nitrogen functional groups attached to an aromatic ring is 1. The van der Waals surface area contributed by atoms with E-state index in [-0.39, 0.29) is 11.7 Å². The van der Waals surface area contributed by atoms with E-state index < -0.39 is 0 Å². The first-order valence-electron chi connectivity index (χ1n) is 12.5. The summed E-state index contributed by atoms with van der Waals surface area (Å²) in [5, 5.41) is 10.5. The standard InChI is InChI=1S/C26H31N5O3/c27-24-23-22(16-2-1-3-21(8-16)33-14-26-6-4-20(34-26)5-7-26)13-31(25(23)29-15-28-24)18-9-17(10-18)30-11-19(32)12-30/h1-3,8,13,15,17-20,32H,4-7,9-12,14H2,(H2,27,28,29).